The highest BCUT2D eigenvalue weighted by Crippen LogP contribution is 1.95. The summed E-state index contributed by atoms with van der Waals surface area (Å²) < 4.78 is 0. The minimum atomic E-state index is 0. The molecule has 0 aromatic carbocycles. The number of aromatic nitrogens is 1. The molecule has 0 fully saturated rings. The Labute approximate surface area is 143 Å². The highest BCUT2D eigenvalue weighted by molar-refractivity contribution is 14.0. The fourth-order valence-corrected chi connectivity index (χ4v) is 2.01. The SMILES string of the molecule is CCNC(=NCCCSC)NCCc1ccccn1.I. The largest absolute Gasteiger partial charge is 0.357 e. The van der Waals surface area contributed by atoms with Gasteiger partial charge in [-0.25, -0.2) is 0 Å². The van der Waals surface area contributed by atoms with E-state index in [9.17, 15) is 0 Å². The molecule has 4 nitrogen and oxygen atoms in total. The van der Waals surface area contributed by atoms with Gasteiger partial charge in [-0.2, -0.15) is 11.8 Å². The number of hydrogen-bond donors (Lipinski definition) is 2. The molecule has 0 amide bonds. The van der Waals surface area contributed by atoms with Crippen LogP contribution in [-0.2, 0) is 6.42 Å². The Morgan fingerprint density at radius 3 is 2.85 bits per heavy atom. The molecule has 1 aromatic rings. The van der Waals surface area contributed by atoms with Crippen LogP contribution in [0.15, 0.2) is 29.4 Å². The lowest BCUT2D eigenvalue weighted by Crippen LogP contribution is -2.38. The third-order valence-corrected chi connectivity index (χ3v) is 3.22. The monoisotopic (exact) mass is 408 g/mol. The third-order valence-electron chi connectivity index (χ3n) is 2.52. The molecule has 20 heavy (non-hydrogen) atoms. The van der Waals surface area contributed by atoms with E-state index in [-0.39, 0.29) is 24.0 Å². The Bertz CT molecular complexity index is 359. The fourth-order valence-electron chi connectivity index (χ4n) is 1.60. The minimum absolute atomic E-state index is 0. The summed E-state index contributed by atoms with van der Waals surface area (Å²) >= 11 is 1.86. The normalized spacial score (nSPS) is 10.8. The molecule has 0 radical (unpaired) electrons. The van der Waals surface area contributed by atoms with Crippen LogP contribution in [0.3, 0.4) is 0 Å². The molecule has 0 saturated carbocycles. The van der Waals surface area contributed by atoms with Gasteiger partial charge in [0.05, 0.1) is 0 Å². The van der Waals surface area contributed by atoms with Crippen molar-refractivity contribution in [3.63, 3.8) is 0 Å². The van der Waals surface area contributed by atoms with Gasteiger partial charge in [-0.05, 0) is 37.5 Å². The highest BCUT2D eigenvalue weighted by atomic mass is 127. The lowest BCUT2D eigenvalue weighted by Gasteiger charge is -2.10. The Hall–Kier alpha value is -0.500. The molecule has 0 aliphatic rings. The Balaban J connectivity index is 0.00000361. The van der Waals surface area contributed by atoms with Crippen LogP contribution in [0.2, 0.25) is 0 Å². The van der Waals surface area contributed by atoms with Crippen molar-refractivity contribution in [1.82, 2.24) is 15.6 Å². The summed E-state index contributed by atoms with van der Waals surface area (Å²) in [5.41, 5.74) is 1.10. The molecule has 0 bridgehead atoms. The second kappa shape index (κ2) is 13.5. The summed E-state index contributed by atoms with van der Waals surface area (Å²) in [6, 6.07) is 6.00. The molecule has 0 saturated heterocycles. The van der Waals surface area contributed by atoms with E-state index in [0.717, 1.165) is 49.9 Å². The zero-order chi connectivity index (χ0) is 13.8. The number of guanidine groups is 1. The van der Waals surface area contributed by atoms with E-state index in [1.807, 2.05) is 36.2 Å². The summed E-state index contributed by atoms with van der Waals surface area (Å²) in [5.74, 6) is 2.07. The van der Waals surface area contributed by atoms with E-state index in [1.165, 1.54) is 0 Å². The second-order valence-corrected chi connectivity index (χ2v) is 5.09. The predicted octanol–water partition coefficient (Wildman–Crippen LogP) is 2.55. The molecule has 1 rings (SSSR count). The number of hydrogen-bond acceptors (Lipinski definition) is 3. The smallest absolute Gasteiger partial charge is 0.191 e. The van der Waals surface area contributed by atoms with E-state index < -0.39 is 0 Å². The summed E-state index contributed by atoms with van der Waals surface area (Å²) in [6.45, 7) is 4.70. The van der Waals surface area contributed by atoms with Crippen LogP contribution in [0.25, 0.3) is 0 Å². The predicted molar refractivity (Wildman–Crippen MR) is 100 cm³/mol. The maximum Gasteiger partial charge on any atom is 0.191 e. The standard InChI is InChI=1S/C14H24N4S.HI/c1-3-15-14(17-10-6-12-19-2)18-11-8-13-7-4-5-9-16-13;/h4-5,7,9H,3,6,8,10-12H2,1-2H3,(H2,15,17,18);1H. The number of rotatable bonds is 8. The van der Waals surface area contributed by atoms with Crippen LogP contribution in [0.1, 0.15) is 19.0 Å². The van der Waals surface area contributed by atoms with Crippen molar-refractivity contribution in [2.45, 2.75) is 19.8 Å². The first-order valence-electron chi connectivity index (χ1n) is 6.78. The summed E-state index contributed by atoms with van der Waals surface area (Å²) in [4.78, 5) is 8.85. The van der Waals surface area contributed by atoms with Crippen molar-refractivity contribution in [2.24, 2.45) is 4.99 Å². The summed E-state index contributed by atoms with van der Waals surface area (Å²) in [6.07, 6.45) is 5.99. The highest BCUT2D eigenvalue weighted by Gasteiger charge is 1.97. The number of pyridine rings is 1. The molecule has 1 heterocycles. The number of thioether (sulfide) groups is 1. The zero-order valence-corrected chi connectivity index (χ0v) is 15.4. The Morgan fingerprint density at radius 1 is 1.35 bits per heavy atom. The second-order valence-electron chi connectivity index (χ2n) is 4.10. The molecule has 0 spiro atoms. The van der Waals surface area contributed by atoms with Crippen molar-refractivity contribution >= 4 is 41.7 Å². The maximum atomic E-state index is 4.54. The van der Waals surface area contributed by atoms with E-state index in [1.54, 1.807) is 0 Å². The van der Waals surface area contributed by atoms with E-state index in [0.29, 0.717) is 0 Å². The van der Waals surface area contributed by atoms with E-state index in [4.69, 9.17) is 0 Å². The van der Waals surface area contributed by atoms with Crippen LogP contribution in [0.5, 0.6) is 0 Å². The van der Waals surface area contributed by atoms with Crippen LogP contribution in [-0.4, -0.2) is 42.6 Å². The van der Waals surface area contributed by atoms with Gasteiger partial charge in [0.1, 0.15) is 0 Å². The molecule has 6 heteroatoms. The quantitative estimate of drug-likeness (QED) is 0.301. The van der Waals surface area contributed by atoms with Gasteiger partial charge in [-0.15, -0.1) is 24.0 Å². The van der Waals surface area contributed by atoms with Gasteiger partial charge in [0, 0.05) is 37.9 Å². The van der Waals surface area contributed by atoms with Gasteiger partial charge in [0.15, 0.2) is 5.96 Å². The molecule has 2 N–H and O–H groups in total. The van der Waals surface area contributed by atoms with Crippen molar-refractivity contribution < 1.29 is 0 Å². The van der Waals surface area contributed by atoms with Crippen molar-refractivity contribution in [3.8, 4) is 0 Å². The average Bonchev–Trinajstić information content (AvgIpc) is 2.44. The van der Waals surface area contributed by atoms with Gasteiger partial charge in [0.25, 0.3) is 0 Å². The van der Waals surface area contributed by atoms with Gasteiger partial charge in [0.2, 0.25) is 0 Å². The first-order valence-corrected chi connectivity index (χ1v) is 8.17. The molecule has 1 aromatic heterocycles. The number of nitrogens with zero attached hydrogens (tertiary/aromatic N) is 2. The topological polar surface area (TPSA) is 49.3 Å². The van der Waals surface area contributed by atoms with Crippen LogP contribution >= 0.6 is 35.7 Å². The Kier molecular flexibility index (Phi) is 13.1. The van der Waals surface area contributed by atoms with Gasteiger partial charge in [-0.1, -0.05) is 6.07 Å². The lowest BCUT2D eigenvalue weighted by atomic mass is 10.3. The van der Waals surface area contributed by atoms with Crippen molar-refractivity contribution in [1.29, 1.82) is 0 Å². The fraction of sp³-hybridized carbons (Fsp3) is 0.571. The van der Waals surface area contributed by atoms with Gasteiger partial charge >= 0.3 is 0 Å². The van der Waals surface area contributed by atoms with E-state index in [2.05, 4.69) is 33.8 Å². The molecule has 114 valence electrons. The lowest BCUT2D eigenvalue weighted by molar-refractivity contribution is 0.784. The van der Waals surface area contributed by atoms with Gasteiger partial charge < -0.3 is 10.6 Å². The van der Waals surface area contributed by atoms with Crippen molar-refractivity contribution in [2.75, 3.05) is 31.6 Å². The first kappa shape index (κ1) is 19.5. The summed E-state index contributed by atoms with van der Waals surface area (Å²) in [5, 5.41) is 6.60. The minimum Gasteiger partial charge on any atom is -0.357 e. The molecular weight excluding hydrogens is 383 g/mol. The zero-order valence-electron chi connectivity index (χ0n) is 12.3. The molecule has 0 aliphatic carbocycles. The summed E-state index contributed by atoms with van der Waals surface area (Å²) in [7, 11) is 0. The van der Waals surface area contributed by atoms with Crippen LogP contribution in [0.4, 0.5) is 0 Å². The third kappa shape index (κ3) is 9.41. The molecular formula is C14H25IN4S. The van der Waals surface area contributed by atoms with Crippen molar-refractivity contribution in [3.05, 3.63) is 30.1 Å². The number of halogens is 1. The molecule has 0 atom stereocenters. The molecule has 0 unspecified atom stereocenters. The van der Waals surface area contributed by atoms with Gasteiger partial charge in [-0.3, -0.25) is 9.98 Å². The molecule has 0 aliphatic heterocycles. The Morgan fingerprint density at radius 2 is 2.20 bits per heavy atom. The van der Waals surface area contributed by atoms with E-state index >= 15 is 0 Å². The average molecular weight is 408 g/mol. The maximum absolute atomic E-state index is 4.54. The number of nitrogens with one attached hydrogen (secondary N) is 2. The first-order chi connectivity index (χ1) is 9.36. The van der Waals surface area contributed by atoms with Crippen LogP contribution < -0.4 is 10.6 Å². The van der Waals surface area contributed by atoms with Crippen LogP contribution in [0, 0.1) is 0 Å². The number of aliphatic imine (C=N–C) groups is 1.